The molecule has 0 aliphatic heterocycles. The molecule has 0 aromatic carbocycles. The van der Waals surface area contributed by atoms with Gasteiger partial charge in [0.1, 0.15) is 17.9 Å². The van der Waals surface area contributed by atoms with Gasteiger partial charge < -0.3 is 20.4 Å². The van der Waals surface area contributed by atoms with Crippen LogP contribution in [0, 0.1) is 71.0 Å². The number of nitrogens with zero attached hydrogens (tertiary/aromatic N) is 5. The number of Topliss-reactive ketones (excluding diaryl/α,β-unsaturated/α-hetero) is 1. The van der Waals surface area contributed by atoms with E-state index in [4.69, 9.17) is 36.9 Å². The van der Waals surface area contributed by atoms with Crippen molar-refractivity contribution in [3.8, 4) is 0 Å². The standard InChI is InChI=1S/C67H110ClN7O5/c68-60-24-11-12-25-61(60)74-80-41-46-37-44-15-7-9-22-53(44)62(64(46)76)72-70-48-30-34-55-56-35-31-49(40-58(56)65(77)57(55)39-48)71-73-63-54-23-10-8-16-45(54)38-59(66(63)78)67(79)69-47-17-13-14-43(36-47)27-26-42-28-32-52(33-29-42)75(50-18-3-1-4-19-50)51-20-5-2-6-21-51/h42-64,66,74,76,78H,1-41H2,(H,69,79). The van der Waals surface area contributed by atoms with E-state index in [1.807, 2.05) is 0 Å². The van der Waals surface area contributed by atoms with Crippen LogP contribution in [0.3, 0.4) is 0 Å². The van der Waals surface area contributed by atoms with Gasteiger partial charge in [0.05, 0.1) is 42.2 Å². The number of fused-ring (bicyclic) bond motifs is 5. The summed E-state index contributed by atoms with van der Waals surface area (Å²) in [5.74, 6) is 3.99. The molecule has 12 fully saturated rings. The third kappa shape index (κ3) is 13.7. The van der Waals surface area contributed by atoms with Gasteiger partial charge in [0.2, 0.25) is 5.91 Å². The third-order valence-corrected chi connectivity index (χ3v) is 25.7. The summed E-state index contributed by atoms with van der Waals surface area (Å²) in [7, 11) is 0. The molecule has 20 unspecified atom stereocenters. The quantitative estimate of drug-likeness (QED) is 0.0680. The molecule has 12 saturated carbocycles. The van der Waals surface area contributed by atoms with Gasteiger partial charge in [-0.1, -0.05) is 116 Å². The lowest BCUT2D eigenvalue weighted by atomic mass is 9.63. The number of aliphatic hydroxyl groups excluding tert-OH is 2. The molecule has 0 spiro atoms. The highest BCUT2D eigenvalue weighted by molar-refractivity contribution is 6.21. The van der Waals surface area contributed by atoms with Crippen LogP contribution >= 0.6 is 11.6 Å². The van der Waals surface area contributed by atoms with E-state index >= 15 is 0 Å². The molecule has 12 rings (SSSR count). The predicted octanol–water partition coefficient (Wildman–Crippen LogP) is 14.2. The van der Waals surface area contributed by atoms with Crippen LogP contribution in [-0.2, 0) is 14.4 Å². The van der Waals surface area contributed by atoms with E-state index in [2.05, 4.69) is 15.7 Å². The molecular weight excluding hydrogens is 1020 g/mol. The fourth-order valence-corrected chi connectivity index (χ4v) is 21.2. The Hall–Kier alpha value is -1.57. The zero-order valence-electron chi connectivity index (χ0n) is 49.6. The second-order valence-electron chi connectivity index (χ2n) is 29.9. The second-order valence-corrected chi connectivity index (χ2v) is 30.5. The first kappa shape index (κ1) is 58.8. The van der Waals surface area contributed by atoms with Crippen molar-refractivity contribution in [2.75, 3.05) is 6.61 Å². The number of aliphatic hydroxyl groups is 2. The highest BCUT2D eigenvalue weighted by Crippen LogP contribution is 2.54. The first-order valence-electron chi connectivity index (χ1n) is 35.0. The number of ketones is 1. The fourth-order valence-electron chi connectivity index (χ4n) is 20.9. The summed E-state index contributed by atoms with van der Waals surface area (Å²) in [6, 6.07) is 2.31. The summed E-state index contributed by atoms with van der Waals surface area (Å²) in [4.78, 5) is 38.1. The first-order chi connectivity index (χ1) is 39.2. The van der Waals surface area contributed by atoms with E-state index in [-0.39, 0.29) is 71.2 Å². The lowest BCUT2D eigenvalue weighted by Gasteiger charge is -2.48. The van der Waals surface area contributed by atoms with Crippen molar-refractivity contribution >= 4 is 23.3 Å². The lowest BCUT2D eigenvalue weighted by Crippen LogP contribution is -2.54. The van der Waals surface area contributed by atoms with Crippen molar-refractivity contribution in [2.45, 2.75) is 329 Å². The SMILES string of the molecule is O=C(NC1CCCC(CCC2CCC(N(C3CCCCC3)C3CCCCC3)CC2)C1)C1CC2CCCCC2C(N=NC2CCC3C(C2)C(=O)C2CC(N=NC4C(O)C(CONC5CCCCC5Cl)CC5CCCCC54)CCC23)C1O. The average molecular weight is 1130 g/mol. The molecular formula is C67H110ClN7O5. The fraction of sp³-hybridized carbons (Fsp3) is 0.970. The van der Waals surface area contributed by atoms with E-state index in [1.165, 1.54) is 154 Å². The molecule has 0 bridgehead atoms. The minimum Gasteiger partial charge on any atom is -0.390 e. The van der Waals surface area contributed by atoms with Crippen molar-refractivity contribution < 1.29 is 24.6 Å². The van der Waals surface area contributed by atoms with Crippen LogP contribution in [0.4, 0.5) is 0 Å². The molecule has 0 aromatic rings. The van der Waals surface area contributed by atoms with Gasteiger partial charge in [-0.2, -0.15) is 25.9 Å². The predicted molar refractivity (Wildman–Crippen MR) is 316 cm³/mol. The first-order valence-corrected chi connectivity index (χ1v) is 35.4. The lowest BCUT2D eigenvalue weighted by molar-refractivity contribution is -0.135. The largest absolute Gasteiger partial charge is 0.390 e. The van der Waals surface area contributed by atoms with Gasteiger partial charge in [0.15, 0.2) is 0 Å². The molecule has 450 valence electrons. The number of carbonyl (C=O) groups excluding carboxylic acids is 2. The molecule has 13 heteroatoms. The van der Waals surface area contributed by atoms with Gasteiger partial charge in [0.25, 0.3) is 0 Å². The summed E-state index contributed by atoms with van der Waals surface area (Å²) in [5, 5.41) is 48.0. The Morgan fingerprint density at radius 2 is 1.06 bits per heavy atom. The number of hydrogen-bond acceptors (Lipinski definition) is 11. The highest BCUT2D eigenvalue weighted by Gasteiger charge is 2.55. The molecule has 12 aliphatic rings. The molecule has 20 atom stereocenters. The van der Waals surface area contributed by atoms with E-state index in [0.717, 1.165) is 127 Å². The van der Waals surface area contributed by atoms with Crippen molar-refractivity contribution in [2.24, 2.45) is 91.5 Å². The van der Waals surface area contributed by atoms with Crippen molar-refractivity contribution in [3.63, 3.8) is 0 Å². The summed E-state index contributed by atoms with van der Waals surface area (Å²) < 4.78 is 0. The number of halogens is 1. The second kappa shape index (κ2) is 27.9. The Morgan fingerprint density at radius 1 is 0.512 bits per heavy atom. The number of amides is 1. The summed E-state index contributed by atoms with van der Waals surface area (Å²) >= 11 is 6.62. The van der Waals surface area contributed by atoms with Gasteiger partial charge in [-0.15, -0.1) is 11.6 Å². The molecule has 1 amide bonds. The monoisotopic (exact) mass is 1130 g/mol. The Bertz CT molecular complexity index is 2030. The van der Waals surface area contributed by atoms with Gasteiger partial charge in [-0.25, -0.2) is 0 Å². The Morgan fingerprint density at radius 3 is 1.70 bits per heavy atom. The molecule has 80 heavy (non-hydrogen) atoms. The van der Waals surface area contributed by atoms with E-state index in [0.29, 0.717) is 47.9 Å². The van der Waals surface area contributed by atoms with Crippen LogP contribution in [0.5, 0.6) is 0 Å². The van der Waals surface area contributed by atoms with Gasteiger partial charge in [0, 0.05) is 48.0 Å². The van der Waals surface area contributed by atoms with E-state index < -0.39 is 18.1 Å². The van der Waals surface area contributed by atoms with Crippen molar-refractivity contribution in [3.05, 3.63) is 0 Å². The number of hydrogen-bond donors (Lipinski definition) is 4. The van der Waals surface area contributed by atoms with E-state index in [1.54, 1.807) is 0 Å². The highest BCUT2D eigenvalue weighted by atomic mass is 35.5. The molecule has 0 aromatic heterocycles. The van der Waals surface area contributed by atoms with Crippen LogP contribution in [0.1, 0.15) is 257 Å². The number of carbonyl (C=O) groups is 2. The zero-order chi connectivity index (χ0) is 54.5. The normalized spacial score (nSPS) is 45.3. The molecule has 12 aliphatic carbocycles. The topological polar surface area (TPSA) is 161 Å². The Balaban J connectivity index is 0.613. The summed E-state index contributed by atoms with van der Waals surface area (Å²) in [5.41, 5.74) is 3.27. The van der Waals surface area contributed by atoms with Crippen LogP contribution < -0.4 is 10.8 Å². The van der Waals surface area contributed by atoms with Crippen LogP contribution in [-0.4, -0.2) is 105 Å². The van der Waals surface area contributed by atoms with E-state index in [9.17, 15) is 19.8 Å². The summed E-state index contributed by atoms with van der Waals surface area (Å²) in [6.07, 6.45) is 46.7. The molecule has 0 saturated heterocycles. The van der Waals surface area contributed by atoms with Crippen LogP contribution in [0.15, 0.2) is 20.5 Å². The zero-order valence-corrected chi connectivity index (χ0v) is 50.3. The number of rotatable bonds is 16. The number of nitrogens with one attached hydrogen (secondary N) is 2. The number of hydroxylamine groups is 1. The average Bonchev–Trinajstić information content (AvgIpc) is 3.77. The van der Waals surface area contributed by atoms with Gasteiger partial charge in [-0.05, 0) is 189 Å². The molecule has 4 N–H and O–H groups in total. The molecule has 0 heterocycles. The minimum atomic E-state index is -0.821. The maximum Gasteiger partial charge on any atom is 0.226 e. The summed E-state index contributed by atoms with van der Waals surface area (Å²) in [6.45, 7) is 0.461. The Kier molecular flexibility index (Phi) is 20.5. The van der Waals surface area contributed by atoms with Crippen LogP contribution in [0.2, 0.25) is 0 Å². The van der Waals surface area contributed by atoms with Gasteiger partial charge >= 0.3 is 0 Å². The maximum absolute atomic E-state index is 14.5. The number of alkyl halides is 1. The van der Waals surface area contributed by atoms with Crippen molar-refractivity contribution in [1.29, 1.82) is 0 Å². The molecule has 0 radical (unpaired) electrons. The Labute approximate surface area is 488 Å². The molecule has 12 nitrogen and oxygen atoms in total. The minimum absolute atomic E-state index is 0.0113. The number of azo groups is 2. The maximum atomic E-state index is 14.5. The van der Waals surface area contributed by atoms with Crippen molar-refractivity contribution in [1.82, 2.24) is 15.7 Å². The van der Waals surface area contributed by atoms with Gasteiger partial charge in [-0.3, -0.25) is 14.5 Å². The van der Waals surface area contributed by atoms with Crippen LogP contribution in [0.25, 0.3) is 0 Å². The smallest absolute Gasteiger partial charge is 0.226 e. The third-order valence-electron chi connectivity index (χ3n) is 25.2.